The standard InChI is InChI=1S/C15H11N3O2/c19-15(20)11-3-2-10-8-13-14-16-4-7-17(14)5-1-6-18(13)12(10)9-11/h1-5,7-9H,6H2,(H,19,20). The van der Waals surface area contributed by atoms with Gasteiger partial charge in [-0.05, 0) is 24.3 Å². The number of benzene rings is 1. The van der Waals surface area contributed by atoms with Crippen LogP contribution in [0.3, 0.4) is 0 Å². The van der Waals surface area contributed by atoms with E-state index in [0.29, 0.717) is 12.1 Å². The number of hydrogen-bond acceptors (Lipinski definition) is 2. The van der Waals surface area contributed by atoms with E-state index in [9.17, 15) is 4.79 Å². The van der Waals surface area contributed by atoms with Crippen molar-refractivity contribution in [3.63, 3.8) is 0 Å². The number of carbonyl (C=O) groups is 1. The van der Waals surface area contributed by atoms with E-state index in [4.69, 9.17) is 5.11 Å². The lowest BCUT2D eigenvalue weighted by Gasteiger charge is -2.05. The first-order chi connectivity index (χ1) is 9.74. The van der Waals surface area contributed by atoms with E-state index < -0.39 is 5.97 Å². The number of carboxylic acids is 1. The van der Waals surface area contributed by atoms with Gasteiger partial charge in [0.2, 0.25) is 0 Å². The highest BCUT2D eigenvalue weighted by atomic mass is 16.4. The van der Waals surface area contributed by atoms with Gasteiger partial charge in [0.25, 0.3) is 0 Å². The Morgan fingerprint density at radius 1 is 1.30 bits per heavy atom. The molecule has 4 rings (SSSR count). The van der Waals surface area contributed by atoms with Crippen molar-refractivity contribution in [2.45, 2.75) is 6.54 Å². The molecule has 2 aromatic heterocycles. The molecular weight excluding hydrogens is 254 g/mol. The highest BCUT2D eigenvalue weighted by Gasteiger charge is 2.16. The van der Waals surface area contributed by atoms with Gasteiger partial charge in [0, 0.05) is 36.0 Å². The zero-order valence-corrected chi connectivity index (χ0v) is 10.5. The third kappa shape index (κ3) is 1.43. The van der Waals surface area contributed by atoms with Crippen LogP contribution in [-0.4, -0.2) is 25.2 Å². The summed E-state index contributed by atoms with van der Waals surface area (Å²) in [5.41, 5.74) is 2.22. The number of aromatic carboxylic acids is 1. The van der Waals surface area contributed by atoms with Gasteiger partial charge in [-0.3, -0.25) is 0 Å². The maximum absolute atomic E-state index is 11.1. The fraction of sp³-hybridized carbons (Fsp3) is 0.0667. The van der Waals surface area contributed by atoms with Crippen LogP contribution in [0.4, 0.5) is 0 Å². The molecule has 0 unspecified atom stereocenters. The predicted octanol–water partition coefficient (Wildman–Crippen LogP) is 2.69. The monoisotopic (exact) mass is 265 g/mol. The molecule has 1 N–H and O–H groups in total. The van der Waals surface area contributed by atoms with E-state index in [0.717, 1.165) is 22.4 Å². The van der Waals surface area contributed by atoms with Gasteiger partial charge in [0.05, 0.1) is 11.3 Å². The van der Waals surface area contributed by atoms with Crippen molar-refractivity contribution in [1.82, 2.24) is 14.1 Å². The first-order valence-electron chi connectivity index (χ1n) is 6.30. The van der Waals surface area contributed by atoms with Crippen LogP contribution in [0.2, 0.25) is 0 Å². The van der Waals surface area contributed by atoms with Crippen LogP contribution in [-0.2, 0) is 6.54 Å². The summed E-state index contributed by atoms with van der Waals surface area (Å²) in [4.78, 5) is 15.5. The van der Waals surface area contributed by atoms with Crippen LogP contribution in [0.15, 0.2) is 42.7 Å². The molecule has 0 amide bonds. The van der Waals surface area contributed by atoms with E-state index >= 15 is 0 Å². The van der Waals surface area contributed by atoms with Crippen molar-refractivity contribution < 1.29 is 9.90 Å². The number of rotatable bonds is 1. The molecule has 5 nitrogen and oxygen atoms in total. The summed E-state index contributed by atoms with van der Waals surface area (Å²) < 4.78 is 4.06. The number of hydrogen-bond donors (Lipinski definition) is 1. The zero-order chi connectivity index (χ0) is 13.7. The highest BCUT2D eigenvalue weighted by molar-refractivity contribution is 5.95. The van der Waals surface area contributed by atoms with E-state index in [-0.39, 0.29) is 0 Å². The van der Waals surface area contributed by atoms with Crippen molar-refractivity contribution in [1.29, 1.82) is 0 Å². The Labute approximate surface area is 114 Å². The second-order valence-electron chi connectivity index (χ2n) is 4.76. The quantitative estimate of drug-likeness (QED) is 0.736. The van der Waals surface area contributed by atoms with Crippen LogP contribution in [0.25, 0.3) is 28.6 Å². The van der Waals surface area contributed by atoms with Crippen LogP contribution < -0.4 is 0 Å². The summed E-state index contributed by atoms with van der Waals surface area (Å²) in [7, 11) is 0. The van der Waals surface area contributed by atoms with Crippen molar-refractivity contribution in [2.24, 2.45) is 0 Å². The molecule has 1 aliphatic rings. The topological polar surface area (TPSA) is 60.0 Å². The number of allylic oxidation sites excluding steroid dienone is 1. The van der Waals surface area contributed by atoms with E-state index in [1.807, 2.05) is 35.2 Å². The smallest absolute Gasteiger partial charge is 0.335 e. The summed E-state index contributed by atoms with van der Waals surface area (Å²) in [6.45, 7) is 0.700. The highest BCUT2D eigenvalue weighted by Crippen LogP contribution is 2.29. The van der Waals surface area contributed by atoms with Gasteiger partial charge < -0.3 is 14.2 Å². The molecule has 3 heterocycles. The summed E-state index contributed by atoms with van der Waals surface area (Å²) in [6, 6.07) is 7.24. The fourth-order valence-electron chi connectivity index (χ4n) is 2.67. The SMILES string of the molecule is O=C(O)c1ccc2cc3n(c2c1)CC=Cn1ccnc1-3. The van der Waals surface area contributed by atoms with Gasteiger partial charge in [-0.25, -0.2) is 9.78 Å². The summed E-state index contributed by atoms with van der Waals surface area (Å²) in [5, 5.41) is 10.1. The average Bonchev–Trinajstić information content (AvgIpc) is 2.99. The molecule has 0 saturated heterocycles. The largest absolute Gasteiger partial charge is 0.478 e. The molecule has 20 heavy (non-hydrogen) atoms. The molecule has 5 heteroatoms. The van der Waals surface area contributed by atoms with Gasteiger partial charge in [-0.2, -0.15) is 0 Å². The minimum Gasteiger partial charge on any atom is -0.478 e. The second kappa shape index (κ2) is 3.84. The third-order valence-electron chi connectivity index (χ3n) is 3.60. The molecule has 3 aromatic rings. The van der Waals surface area contributed by atoms with Crippen molar-refractivity contribution in [3.05, 3.63) is 48.3 Å². The Morgan fingerprint density at radius 3 is 3.05 bits per heavy atom. The van der Waals surface area contributed by atoms with E-state index in [1.165, 1.54) is 0 Å². The summed E-state index contributed by atoms with van der Waals surface area (Å²) in [6.07, 6.45) is 7.67. The van der Waals surface area contributed by atoms with Gasteiger partial charge in [-0.1, -0.05) is 6.07 Å². The van der Waals surface area contributed by atoms with E-state index in [2.05, 4.69) is 9.55 Å². The van der Waals surface area contributed by atoms with Crippen LogP contribution in [0.1, 0.15) is 10.4 Å². The van der Waals surface area contributed by atoms with Gasteiger partial charge in [0.1, 0.15) is 0 Å². The zero-order valence-electron chi connectivity index (χ0n) is 10.5. The van der Waals surface area contributed by atoms with Gasteiger partial charge >= 0.3 is 5.97 Å². The van der Waals surface area contributed by atoms with Crippen molar-refractivity contribution >= 4 is 23.1 Å². The minimum atomic E-state index is -0.909. The fourth-order valence-corrected chi connectivity index (χ4v) is 2.67. The average molecular weight is 265 g/mol. The van der Waals surface area contributed by atoms with Crippen LogP contribution in [0, 0.1) is 0 Å². The van der Waals surface area contributed by atoms with Crippen molar-refractivity contribution in [3.8, 4) is 11.5 Å². The van der Waals surface area contributed by atoms with Gasteiger partial charge in [-0.15, -0.1) is 0 Å². The number of nitrogens with zero attached hydrogens (tertiary/aromatic N) is 3. The Hall–Kier alpha value is -2.82. The molecule has 0 atom stereocenters. The molecule has 0 spiro atoms. The van der Waals surface area contributed by atoms with Gasteiger partial charge in [0.15, 0.2) is 5.82 Å². The lowest BCUT2D eigenvalue weighted by Crippen LogP contribution is -2.00. The minimum absolute atomic E-state index is 0.301. The maximum Gasteiger partial charge on any atom is 0.335 e. The number of carboxylic acid groups (broad SMARTS) is 1. The molecule has 98 valence electrons. The Morgan fingerprint density at radius 2 is 2.20 bits per heavy atom. The first kappa shape index (κ1) is 11.0. The van der Waals surface area contributed by atoms with Crippen LogP contribution >= 0.6 is 0 Å². The molecule has 0 saturated carbocycles. The number of aromatic nitrogens is 3. The molecule has 0 fully saturated rings. The molecule has 0 radical (unpaired) electrons. The van der Waals surface area contributed by atoms with Crippen molar-refractivity contribution in [2.75, 3.05) is 0 Å². The second-order valence-corrected chi connectivity index (χ2v) is 4.76. The normalized spacial score (nSPS) is 13.0. The third-order valence-corrected chi connectivity index (χ3v) is 3.60. The summed E-state index contributed by atoms with van der Waals surface area (Å²) in [5.74, 6) is -0.0417. The Balaban J connectivity index is 2.05. The lowest BCUT2D eigenvalue weighted by atomic mass is 10.1. The first-order valence-corrected chi connectivity index (χ1v) is 6.30. The summed E-state index contributed by atoms with van der Waals surface area (Å²) >= 11 is 0. The molecule has 1 aliphatic heterocycles. The Bertz CT molecular complexity index is 871. The number of imidazole rings is 1. The van der Waals surface area contributed by atoms with Crippen LogP contribution in [0.5, 0.6) is 0 Å². The molecular formula is C15H11N3O2. The molecule has 1 aromatic carbocycles. The lowest BCUT2D eigenvalue weighted by molar-refractivity contribution is 0.0697. The Kier molecular flexibility index (Phi) is 2.12. The molecule has 0 bridgehead atoms. The maximum atomic E-state index is 11.1. The number of fused-ring (bicyclic) bond motifs is 5. The van der Waals surface area contributed by atoms with E-state index in [1.54, 1.807) is 18.3 Å². The molecule has 0 aliphatic carbocycles. The predicted molar refractivity (Wildman–Crippen MR) is 75.4 cm³/mol.